The first-order valence-corrected chi connectivity index (χ1v) is 6.59. The molecule has 2 aromatic rings. The highest BCUT2D eigenvalue weighted by Gasteiger charge is 2.08. The number of methoxy groups -OCH3 is 1. The number of halogens is 1. The molecule has 0 bridgehead atoms. The van der Waals surface area contributed by atoms with Gasteiger partial charge in [-0.3, -0.25) is 4.79 Å². The van der Waals surface area contributed by atoms with Gasteiger partial charge in [-0.2, -0.15) is 0 Å². The SMILES string of the molecule is COc1cc(CC(=O)Cl)ccc1OCc1ccccc1. The molecule has 0 fully saturated rings. The minimum absolute atomic E-state index is 0.177. The summed E-state index contributed by atoms with van der Waals surface area (Å²) < 4.78 is 11.0. The summed E-state index contributed by atoms with van der Waals surface area (Å²) in [4.78, 5) is 10.9. The van der Waals surface area contributed by atoms with Crippen LogP contribution in [0.15, 0.2) is 48.5 Å². The van der Waals surface area contributed by atoms with Crippen LogP contribution in [0.2, 0.25) is 0 Å². The van der Waals surface area contributed by atoms with Crippen molar-refractivity contribution < 1.29 is 14.3 Å². The molecular formula is C16H15ClO3. The van der Waals surface area contributed by atoms with Crippen LogP contribution in [0, 0.1) is 0 Å². The van der Waals surface area contributed by atoms with Crippen LogP contribution in [0.4, 0.5) is 0 Å². The quantitative estimate of drug-likeness (QED) is 0.763. The molecule has 0 saturated heterocycles. The molecule has 0 aliphatic heterocycles. The van der Waals surface area contributed by atoms with Gasteiger partial charge in [0.25, 0.3) is 0 Å². The van der Waals surface area contributed by atoms with E-state index < -0.39 is 5.24 Å². The Labute approximate surface area is 123 Å². The topological polar surface area (TPSA) is 35.5 Å². The van der Waals surface area contributed by atoms with Crippen molar-refractivity contribution in [2.45, 2.75) is 13.0 Å². The van der Waals surface area contributed by atoms with Gasteiger partial charge in [-0.25, -0.2) is 0 Å². The molecule has 2 aromatic carbocycles. The van der Waals surface area contributed by atoms with E-state index in [9.17, 15) is 4.79 Å². The van der Waals surface area contributed by atoms with Gasteiger partial charge in [0, 0.05) is 6.42 Å². The molecule has 2 rings (SSSR count). The van der Waals surface area contributed by atoms with Gasteiger partial charge in [0.2, 0.25) is 5.24 Å². The minimum Gasteiger partial charge on any atom is -0.493 e. The minimum atomic E-state index is -0.398. The molecule has 3 nitrogen and oxygen atoms in total. The third-order valence-corrected chi connectivity index (χ3v) is 2.94. The second-order valence-corrected chi connectivity index (χ2v) is 4.71. The lowest BCUT2D eigenvalue weighted by Crippen LogP contribution is -1.99. The van der Waals surface area contributed by atoms with Crippen molar-refractivity contribution >= 4 is 16.8 Å². The Morgan fingerprint density at radius 3 is 2.45 bits per heavy atom. The van der Waals surface area contributed by atoms with Gasteiger partial charge in [0.05, 0.1) is 7.11 Å². The number of rotatable bonds is 6. The predicted octanol–water partition coefficient (Wildman–Crippen LogP) is 3.58. The maximum atomic E-state index is 10.9. The van der Waals surface area contributed by atoms with Crippen molar-refractivity contribution in [2.75, 3.05) is 7.11 Å². The maximum absolute atomic E-state index is 10.9. The number of hydrogen-bond donors (Lipinski definition) is 0. The summed E-state index contributed by atoms with van der Waals surface area (Å²) in [5, 5.41) is -0.398. The van der Waals surface area contributed by atoms with Crippen molar-refractivity contribution in [3.63, 3.8) is 0 Å². The fourth-order valence-corrected chi connectivity index (χ4v) is 1.99. The van der Waals surface area contributed by atoms with Crippen LogP contribution in [0.25, 0.3) is 0 Å². The second-order valence-electron chi connectivity index (χ2n) is 4.29. The molecule has 0 heterocycles. The van der Waals surface area contributed by atoms with Gasteiger partial charge in [-0.1, -0.05) is 36.4 Å². The molecular weight excluding hydrogens is 276 g/mol. The average molecular weight is 291 g/mol. The number of benzene rings is 2. The molecule has 0 aromatic heterocycles. The van der Waals surface area contributed by atoms with E-state index >= 15 is 0 Å². The van der Waals surface area contributed by atoms with Crippen LogP contribution in [-0.2, 0) is 17.8 Å². The molecule has 0 saturated carbocycles. The molecule has 4 heteroatoms. The van der Waals surface area contributed by atoms with E-state index in [1.165, 1.54) is 0 Å². The standard InChI is InChI=1S/C16H15ClO3/c1-19-15-9-13(10-16(17)18)7-8-14(15)20-11-12-5-3-2-4-6-12/h2-9H,10-11H2,1H3. The first kappa shape index (κ1) is 14.4. The van der Waals surface area contributed by atoms with Crippen LogP contribution >= 0.6 is 11.6 Å². The lowest BCUT2D eigenvalue weighted by molar-refractivity contribution is -0.111. The van der Waals surface area contributed by atoms with Gasteiger partial charge in [-0.05, 0) is 34.9 Å². The van der Waals surface area contributed by atoms with Crippen molar-refractivity contribution in [2.24, 2.45) is 0 Å². The molecule has 0 aliphatic rings. The van der Waals surface area contributed by atoms with E-state index in [-0.39, 0.29) is 6.42 Å². The fraction of sp³-hybridized carbons (Fsp3) is 0.188. The Kier molecular flexibility index (Phi) is 5.02. The summed E-state index contributed by atoms with van der Waals surface area (Å²) in [5.41, 5.74) is 1.88. The highest BCUT2D eigenvalue weighted by atomic mass is 35.5. The van der Waals surface area contributed by atoms with Gasteiger partial charge in [-0.15, -0.1) is 0 Å². The van der Waals surface area contributed by atoms with E-state index in [1.54, 1.807) is 19.2 Å². The van der Waals surface area contributed by atoms with E-state index in [2.05, 4.69) is 0 Å². The highest BCUT2D eigenvalue weighted by Crippen LogP contribution is 2.29. The van der Waals surface area contributed by atoms with Crippen molar-refractivity contribution in [3.8, 4) is 11.5 Å². The predicted molar refractivity (Wildman–Crippen MR) is 78.3 cm³/mol. The van der Waals surface area contributed by atoms with Crippen LogP contribution < -0.4 is 9.47 Å². The van der Waals surface area contributed by atoms with Crippen molar-refractivity contribution in [1.29, 1.82) is 0 Å². The lowest BCUT2D eigenvalue weighted by Gasteiger charge is -2.11. The highest BCUT2D eigenvalue weighted by molar-refractivity contribution is 6.63. The summed E-state index contributed by atoms with van der Waals surface area (Å²) in [5.74, 6) is 1.23. The Bertz CT molecular complexity index is 582. The second kappa shape index (κ2) is 6.96. The van der Waals surface area contributed by atoms with E-state index in [0.717, 1.165) is 11.1 Å². The summed E-state index contributed by atoms with van der Waals surface area (Å²) in [6.07, 6.45) is 0.177. The van der Waals surface area contributed by atoms with Crippen LogP contribution in [0.1, 0.15) is 11.1 Å². The molecule has 0 aliphatic carbocycles. The van der Waals surface area contributed by atoms with Gasteiger partial charge >= 0.3 is 0 Å². The van der Waals surface area contributed by atoms with Crippen molar-refractivity contribution in [3.05, 3.63) is 59.7 Å². The summed E-state index contributed by atoms with van der Waals surface area (Å²) >= 11 is 5.38. The Hall–Kier alpha value is -2.00. The third kappa shape index (κ3) is 4.00. The summed E-state index contributed by atoms with van der Waals surface area (Å²) in [6, 6.07) is 15.2. The fourth-order valence-electron chi connectivity index (χ4n) is 1.84. The van der Waals surface area contributed by atoms with E-state index in [1.807, 2.05) is 36.4 Å². The largest absolute Gasteiger partial charge is 0.493 e. The van der Waals surface area contributed by atoms with Crippen molar-refractivity contribution in [1.82, 2.24) is 0 Å². The molecule has 0 radical (unpaired) electrons. The Morgan fingerprint density at radius 1 is 1.05 bits per heavy atom. The normalized spacial score (nSPS) is 10.1. The van der Waals surface area contributed by atoms with Gasteiger partial charge < -0.3 is 9.47 Å². The van der Waals surface area contributed by atoms with Gasteiger partial charge in [0.1, 0.15) is 6.61 Å². The molecule has 0 unspecified atom stereocenters. The zero-order chi connectivity index (χ0) is 14.4. The maximum Gasteiger partial charge on any atom is 0.226 e. The molecule has 0 amide bonds. The first-order valence-electron chi connectivity index (χ1n) is 6.21. The smallest absolute Gasteiger partial charge is 0.226 e. The summed E-state index contributed by atoms with van der Waals surface area (Å²) in [7, 11) is 1.57. The first-order chi connectivity index (χ1) is 9.69. The zero-order valence-electron chi connectivity index (χ0n) is 11.1. The number of carbonyl (C=O) groups is 1. The third-order valence-electron chi connectivity index (χ3n) is 2.81. The van der Waals surface area contributed by atoms with Crippen LogP contribution in [-0.4, -0.2) is 12.4 Å². The molecule has 20 heavy (non-hydrogen) atoms. The Balaban J connectivity index is 2.09. The average Bonchev–Trinajstić information content (AvgIpc) is 2.46. The zero-order valence-corrected chi connectivity index (χ0v) is 11.9. The number of hydrogen-bond acceptors (Lipinski definition) is 3. The van der Waals surface area contributed by atoms with Crippen LogP contribution in [0.5, 0.6) is 11.5 Å². The summed E-state index contributed by atoms with van der Waals surface area (Å²) in [6.45, 7) is 0.463. The molecule has 104 valence electrons. The van der Waals surface area contributed by atoms with E-state index in [0.29, 0.717) is 18.1 Å². The van der Waals surface area contributed by atoms with Gasteiger partial charge in [0.15, 0.2) is 11.5 Å². The van der Waals surface area contributed by atoms with Crippen LogP contribution in [0.3, 0.4) is 0 Å². The Morgan fingerprint density at radius 2 is 1.80 bits per heavy atom. The molecule has 0 N–H and O–H groups in total. The lowest BCUT2D eigenvalue weighted by atomic mass is 10.1. The number of carbonyl (C=O) groups excluding carboxylic acids is 1. The molecule has 0 spiro atoms. The monoisotopic (exact) mass is 290 g/mol. The van der Waals surface area contributed by atoms with E-state index in [4.69, 9.17) is 21.1 Å². The molecule has 0 atom stereocenters. The number of ether oxygens (including phenoxy) is 2.